The van der Waals surface area contributed by atoms with Gasteiger partial charge in [-0.2, -0.15) is 5.10 Å². The molecular formula is C14H26N4O. The maximum atomic E-state index is 9.02. The lowest BCUT2D eigenvalue weighted by atomic mass is 10.00. The van der Waals surface area contributed by atoms with Gasteiger partial charge in [-0.25, -0.2) is 0 Å². The van der Waals surface area contributed by atoms with Crippen molar-refractivity contribution in [2.24, 2.45) is 12.8 Å². The summed E-state index contributed by atoms with van der Waals surface area (Å²) in [5.74, 6) is 0. The van der Waals surface area contributed by atoms with E-state index in [2.05, 4.69) is 23.1 Å². The summed E-state index contributed by atoms with van der Waals surface area (Å²) in [5.41, 5.74) is 7.42. The van der Waals surface area contributed by atoms with E-state index in [1.807, 2.05) is 17.9 Å². The molecule has 3 atom stereocenters. The number of aliphatic hydroxyl groups excluding tert-OH is 1. The fraction of sp³-hybridized carbons (Fsp3) is 0.786. The molecule has 0 amide bonds. The van der Waals surface area contributed by atoms with Crippen LogP contribution in [0.3, 0.4) is 0 Å². The monoisotopic (exact) mass is 266 g/mol. The number of aromatic nitrogens is 2. The fourth-order valence-corrected chi connectivity index (χ4v) is 3.25. The molecule has 1 aromatic rings. The molecule has 3 N–H and O–H groups in total. The van der Waals surface area contributed by atoms with Crippen LogP contribution in [-0.2, 0) is 7.05 Å². The van der Waals surface area contributed by atoms with Crippen LogP contribution in [0.25, 0.3) is 0 Å². The predicted octanol–water partition coefficient (Wildman–Crippen LogP) is 1.05. The van der Waals surface area contributed by atoms with Crippen LogP contribution in [0.15, 0.2) is 12.4 Å². The molecule has 0 spiro atoms. The summed E-state index contributed by atoms with van der Waals surface area (Å²) in [6.45, 7) is 3.44. The first-order chi connectivity index (χ1) is 9.13. The zero-order valence-corrected chi connectivity index (χ0v) is 12.0. The Morgan fingerprint density at radius 2 is 2.37 bits per heavy atom. The van der Waals surface area contributed by atoms with Gasteiger partial charge in [0, 0.05) is 37.5 Å². The molecule has 1 aromatic heterocycles. The molecule has 5 heteroatoms. The normalized spacial score (nSPS) is 23.7. The molecule has 0 aromatic carbocycles. The first-order valence-corrected chi connectivity index (χ1v) is 7.24. The second-order valence-electron chi connectivity index (χ2n) is 5.65. The van der Waals surface area contributed by atoms with Crippen LogP contribution in [0, 0.1) is 0 Å². The maximum absolute atomic E-state index is 9.02. The Morgan fingerprint density at radius 3 is 2.95 bits per heavy atom. The summed E-state index contributed by atoms with van der Waals surface area (Å²) in [5, 5.41) is 13.3. The van der Waals surface area contributed by atoms with Gasteiger partial charge in [-0.15, -0.1) is 0 Å². The average Bonchev–Trinajstić information content (AvgIpc) is 2.97. The van der Waals surface area contributed by atoms with Gasteiger partial charge in [0.1, 0.15) is 0 Å². The van der Waals surface area contributed by atoms with Gasteiger partial charge in [0.05, 0.1) is 12.2 Å². The second-order valence-corrected chi connectivity index (χ2v) is 5.65. The van der Waals surface area contributed by atoms with Crippen molar-refractivity contribution in [3.05, 3.63) is 18.0 Å². The highest BCUT2D eigenvalue weighted by atomic mass is 16.2. The summed E-state index contributed by atoms with van der Waals surface area (Å²) in [7, 11) is 1.94. The average molecular weight is 266 g/mol. The quantitative estimate of drug-likeness (QED) is 0.807. The summed E-state index contributed by atoms with van der Waals surface area (Å²) >= 11 is 0. The number of aliphatic hydroxyl groups is 1. The third-order valence-corrected chi connectivity index (χ3v) is 4.04. The molecule has 0 aliphatic carbocycles. The van der Waals surface area contributed by atoms with E-state index in [-0.39, 0.29) is 18.7 Å². The van der Waals surface area contributed by atoms with Crippen LogP contribution in [0.5, 0.6) is 0 Å². The zero-order valence-electron chi connectivity index (χ0n) is 12.0. The number of rotatable bonds is 6. The highest BCUT2D eigenvalue weighted by Crippen LogP contribution is 2.32. The fourth-order valence-electron chi connectivity index (χ4n) is 3.25. The van der Waals surface area contributed by atoms with Gasteiger partial charge >= 0.3 is 0 Å². The Labute approximate surface area is 115 Å². The van der Waals surface area contributed by atoms with E-state index in [0.29, 0.717) is 6.04 Å². The van der Waals surface area contributed by atoms with Gasteiger partial charge in [0.15, 0.2) is 0 Å². The molecule has 5 nitrogen and oxygen atoms in total. The van der Waals surface area contributed by atoms with Crippen molar-refractivity contribution >= 4 is 0 Å². The van der Waals surface area contributed by atoms with Crippen molar-refractivity contribution in [1.82, 2.24) is 14.7 Å². The standard InChI is InChI=1S/C14H26N4O/c1-11(15)14(12-9-16-17(2)10-12)18-7-3-5-13(18)6-4-8-19/h9-11,13-14,19H,3-8,15H2,1-2H3. The van der Waals surface area contributed by atoms with E-state index in [0.717, 1.165) is 19.4 Å². The number of nitrogens with two attached hydrogens (primary N) is 1. The topological polar surface area (TPSA) is 67.3 Å². The second kappa shape index (κ2) is 6.50. The van der Waals surface area contributed by atoms with Crippen LogP contribution in [0.1, 0.15) is 44.2 Å². The Kier molecular flexibility index (Phi) is 4.96. The molecule has 0 bridgehead atoms. The molecule has 108 valence electrons. The highest BCUT2D eigenvalue weighted by molar-refractivity contribution is 5.14. The molecule has 1 fully saturated rings. The van der Waals surface area contributed by atoms with Crippen LogP contribution >= 0.6 is 0 Å². The van der Waals surface area contributed by atoms with E-state index in [1.54, 1.807) is 0 Å². The SMILES string of the molecule is CC(N)C(c1cnn(C)c1)N1CCCC1CCCO. The lowest BCUT2D eigenvalue weighted by Crippen LogP contribution is -2.42. The molecule has 3 unspecified atom stereocenters. The summed E-state index contributed by atoms with van der Waals surface area (Å²) in [4.78, 5) is 2.51. The summed E-state index contributed by atoms with van der Waals surface area (Å²) < 4.78 is 1.84. The van der Waals surface area contributed by atoms with E-state index in [4.69, 9.17) is 10.8 Å². The molecular weight excluding hydrogens is 240 g/mol. The lowest BCUT2D eigenvalue weighted by Gasteiger charge is -2.35. The van der Waals surface area contributed by atoms with Crippen molar-refractivity contribution in [3.63, 3.8) is 0 Å². The van der Waals surface area contributed by atoms with Crippen molar-refractivity contribution in [1.29, 1.82) is 0 Å². The largest absolute Gasteiger partial charge is 0.396 e. The van der Waals surface area contributed by atoms with Crippen LogP contribution < -0.4 is 5.73 Å². The van der Waals surface area contributed by atoms with Crippen LogP contribution in [0.2, 0.25) is 0 Å². The number of aryl methyl sites for hydroxylation is 1. The first-order valence-electron chi connectivity index (χ1n) is 7.24. The summed E-state index contributed by atoms with van der Waals surface area (Å²) in [6, 6.07) is 0.863. The first kappa shape index (κ1) is 14.5. The number of nitrogens with zero attached hydrogens (tertiary/aromatic N) is 3. The molecule has 1 saturated heterocycles. The number of likely N-dealkylation sites (tertiary alicyclic amines) is 1. The minimum atomic E-state index is 0.0823. The molecule has 19 heavy (non-hydrogen) atoms. The molecule has 1 aliphatic rings. The zero-order chi connectivity index (χ0) is 13.8. The van der Waals surface area contributed by atoms with Crippen molar-refractivity contribution in [2.75, 3.05) is 13.2 Å². The van der Waals surface area contributed by atoms with Gasteiger partial charge in [-0.05, 0) is 39.2 Å². The smallest absolute Gasteiger partial charge is 0.0538 e. The van der Waals surface area contributed by atoms with E-state index in [9.17, 15) is 0 Å². The van der Waals surface area contributed by atoms with Crippen LogP contribution in [0.4, 0.5) is 0 Å². The van der Waals surface area contributed by atoms with Crippen molar-refractivity contribution < 1.29 is 5.11 Å². The van der Waals surface area contributed by atoms with Crippen molar-refractivity contribution in [3.8, 4) is 0 Å². The van der Waals surface area contributed by atoms with E-state index < -0.39 is 0 Å². The predicted molar refractivity (Wildman–Crippen MR) is 75.6 cm³/mol. The Morgan fingerprint density at radius 1 is 1.58 bits per heavy atom. The van der Waals surface area contributed by atoms with Crippen LogP contribution in [-0.4, -0.2) is 45.0 Å². The third kappa shape index (κ3) is 3.35. The van der Waals surface area contributed by atoms with Crippen molar-refractivity contribution in [2.45, 2.75) is 50.7 Å². The van der Waals surface area contributed by atoms with Gasteiger partial charge in [0.2, 0.25) is 0 Å². The van der Waals surface area contributed by atoms with E-state index in [1.165, 1.54) is 18.4 Å². The van der Waals surface area contributed by atoms with Gasteiger partial charge < -0.3 is 10.8 Å². The maximum Gasteiger partial charge on any atom is 0.0538 e. The third-order valence-electron chi connectivity index (χ3n) is 4.04. The molecule has 0 saturated carbocycles. The van der Waals surface area contributed by atoms with Gasteiger partial charge in [0.25, 0.3) is 0 Å². The Bertz CT molecular complexity index is 391. The molecule has 2 rings (SSSR count). The highest BCUT2D eigenvalue weighted by Gasteiger charge is 2.33. The summed E-state index contributed by atoms with van der Waals surface area (Å²) in [6.07, 6.45) is 8.35. The number of hydrogen-bond donors (Lipinski definition) is 2. The lowest BCUT2D eigenvalue weighted by molar-refractivity contribution is 0.145. The van der Waals surface area contributed by atoms with E-state index >= 15 is 0 Å². The Hall–Kier alpha value is -0.910. The molecule has 2 heterocycles. The van der Waals surface area contributed by atoms with Gasteiger partial charge in [-0.3, -0.25) is 9.58 Å². The minimum absolute atomic E-state index is 0.0823. The minimum Gasteiger partial charge on any atom is -0.396 e. The molecule has 0 radical (unpaired) electrons. The van der Waals surface area contributed by atoms with Gasteiger partial charge in [-0.1, -0.05) is 0 Å². The Balaban J connectivity index is 2.14. The molecule has 1 aliphatic heterocycles. The number of hydrogen-bond acceptors (Lipinski definition) is 4.